The van der Waals surface area contributed by atoms with Gasteiger partial charge in [0.15, 0.2) is 0 Å². The standard InChI is InChI=1S/C16H24N6O7/c1-8(14(26)22-11(16(28)29)2-3-13(24)25)21-12(23)6-19-15(27)10(17)4-9-5-18-7-20-9/h5,7-8,10-11H,2-4,6,17H2,1H3,(H,18,20)(H,19,27)(H,21,23)(H,22,26)(H,24,25)(H,28,29)/t8-,10-,11-/m0/s1. The Morgan fingerprint density at radius 2 is 1.86 bits per heavy atom. The molecule has 0 spiro atoms. The molecule has 0 saturated carbocycles. The number of carbonyl (C=O) groups excluding carboxylic acids is 3. The first-order valence-corrected chi connectivity index (χ1v) is 8.65. The number of nitrogens with zero attached hydrogens (tertiary/aromatic N) is 1. The number of carboxylic acids is 2. The molecule has 1 heterocycles. The average Bonchev–Trinajstić information content (AvgIpc) is 3.15. The zero-order valence-electron chi connectivity index (χ0n) is 15.7. The molecule has 3 amide bonds. The van der Waals surface area contributed by atoms with Crippen molar-refractivity contribution in [3.8, 4) is 0 Å². The number of amides is 3. The number of aliphatic carboxylic acids is 2. The van der Waals surface area contributed by atoms with Crippen molar-refractivity contribution in [1.29, 1.82) is 0 Å². The van der Waals surface area contributed by atoms with E-state index < -0.39 is 60.8 Å². The van der Waals surface area contributed by atoms with Gasteiger partial charge in [-0.2, -0.15) is 0 Å². The Kier molecular flexibility index (Phi) is 9.25. The van der Waals surface area contributed by atoms with Gasteiger partial charge in [-0.05, 0) is 13.3 Å². The highest BCUT2D eigenvalue weighted by Crippen LogP contribution is 1.99. The Balaban J connectivity index is 2.41. The van der Waals surface area contributed by atoms with Crippen LogP contribution in [0.3, 0.4) is 0 Å². The lowest BCUT2D eigenvalue weighted by Gasteiger charge is -2.18. The molecule has 0 aliphatic carbocycles. The minimum absolute atomic E-state index is 0.194. The Bertz CT molecular complexity index is 736. The van der Waals surface area contributed by atoms with Crippen molar-refractivity contribution < 1.29 is 34.2 Å². The second kappa shape index (κ2) is 11.4. The largest absolute Gasteiger partial charge is 0.481 e. The molecule has 160 valence electrons. The highest BCUT2D eigenvalue weighted by molar-refractivity contribution is 5.92. The molecule has 1 aromatic heterocycles. The molecule has 0 unspecified atom stereocenters. The molecule has 3 atom stereocenters. The molecule has 0 bridgehead atoms. The van der Waals surface area contributed by atoms with Crippen LogP contribution < -0.4 is 21.7 Å². The lowest BCUT2D eigenvalue weighted by Crippen LogP contribution is -2.52. The maximum atomic E-state index is 12.0. The van der Waals surface area contributed by atoms with E-state index in [2.05, 4.69) is 25.9 Å². The van der Waals surface area contributed by atoms with Crippen LogP contribution in [0.15, 0.2) is 12.5 Å². The van der Waals surface area contributed by atoms with Crippen molar-refractivity contribution in [2.24, 2.45) is 5.73 Å². The molecule has 0 radical (unpaired) electrons. The molecule has 0 fully saturated rings. The summed E-state index contributed by atoms with van der Waals surface area (Å²) in [5.41, 5.74) is 6.38. The fourth-order valence-corrected chi connectivity index (χ4v) is 2.20. The van der Waals surface area contributed by atoms with E-state index in [-0.39, 0.29) is 12.8 Å². The Morgan fingerprint density at radius 1 is 1.17 bits per heavy atom. The second-order valence-corrected chi connectivity index (χ2v) is 6.23. The summed E-state index contributed by atoms with van der Waals surface area (Å²) in [6.07, 6.45) is 2.40. The molecule has 13 nitrogen and oxygen atoms in total. The smallest absolute Gasteiger partial charge is 0.326 e. The van der Waals surface area contributed by atoms with Crippen LogP contribution in [0.5, 0.6) is 0 Å². The average molecular weight is 412 g/mol. The minimum Gasteiger partial charge on any atom is -0.481 e. The normalized spacial score (nSPS) is 13.6. The second-order valence-electron chi connectivity index (χ2n) is 6.23. The number of aromatic amines is 1. The quantitative estimate of drug-likeness (QED) is 0.190. The van der Waals surface area contributed by atoms with E-state index in [4.69, 9.17) is 15.9 Å². The summed E-state index contributed by atoms with van der Waals surface area (Å²) in [6.45, 7) is 0.879. The third kappa shape index (κ3) is 8.83. The van der Waals surface area contributed by atoms with Crippen LogP contribution in [0.4, 0.5) is 0 Å². The Hall–Kier alpha value is -3.48. The van der Waals surface area contributed by atoms with Crippen LogP contribution in [0.1, 0.15) is 25.5 Å². The summed E-state index contributed by atoms with van der Waals surface area (Å²) in [5, 5.41) is 24.4. The van der Waals surface area contributed by atoms with Crippen LogP contribution in [0.2, 0.25) is 0 Å². The van der Waals surface area contributed by atoms with E-state index in [0.717, 1.165) is 0 Å². The van der Waals surface area contributed by atoms with Crippen molar-refractivity contribution >= 4 is 29.7 Å². The van der Waals surface area contributed by atoms with Gasteiger partial charge in [0.05, 0.1) is 18.9 Å². The first-order chi connectivity index (χ1) is 13.6. The summed E-state index contributed by atoms with van der Waals surface area (Å²) >= 11 is 0. The summed E-state index contributed by atoms with van der Waals surface area (Å²) in [7, 11) is 0. The maximum absolute atomic E-state index is 12.0. The summed E-state index contributed by atoms with van der Waals surface area (Å²) < 4.78 is 0. The van der Waals surface area contributed by atoms with Gasteiger partial charge < -0.3 is 36.9 Å². The first-order valence-electron chi connectivity index (χ1n) is 8.65. The molecule has 0 aliphatic rings. The predicted octanol–water partition coefficient (Wildman–Crippen LogP) is -2.67. The fraction of sp³-hybridized carbons (Fsp3) is 0.500. The van der Waals surface area contributed by atoms with Gasteiger partial charge >= 0.3 is 11.9 Å². The molecule has 0 aromatic carbocycles. The van der Waals surface area contributed by atoms with Crippen LogP contribution in [-0.2, 0) is 30.4 Å². The van der Waals surface area contributed by atoms with E-state index in [1.54, 1.807) is 0 Å². The van der Waals surface area contributed by atoms with Crippen LogP contribution in [-0.4, -0.2) is 74.5 Å². The highest BCUT2D eigenvalue weighted by Gasteiger charge is 2.24. The van der Waals surface area contributed by atoms with Crippen molar-refractivity contribution in [3.05, 3.63) is 18.2 Å². The van der Waals surface area contributed by atoms with Gasteiger partial charge in [-0.15, -0.1) is 0 Å². The third-order valence-electron chi connectivity index (χ3n) is 3.79. The molecular formula is C16H24N6O7. The van der Waals surface area contributed by atoms with Gasteiger partial charge in [0, 0.05) is 24.7 Å². The Labute approximate surface area is 165 Å². The zero-order valence-corrected chi connectivity index (χ0v) is 15.7. The lowest BCUT2D eigenvalue weighted by molar-refractivity contribution is -0.143. The molecule has 8 N–H and O–H groups in total. The number of imidazole rings is 1. The number of nitrogens with one attached hydrogen (secondary N) is 4. The van der Waals surface area contributed by atoms with Crippen molar-refractivity contribution in [2.45, 2.75) is 44.3 Å². The van der Waals surface area contributed by atoms with Gasteiger partial charge in [0.25, 0.3) is 0 Å². The number of H-pyrrole nitrogens is 1. The molecule has 0 aliphatic heterocycles. The molecule has 13 heteroatoms. The number of nitrogens with two attached hydrogens (primary N) is 1. The van der Waals surface area contributed by atoms with Crippen LogP contribution >= 0.6 is 0 Å². The summed E-state index contributed by atoms with van der Waals surface area (Å²) in [6, 6.07) is -3.42. The van der Waals surface area contributed by atoms with Gasteiger partial charge in [-0.3, -0.25) is 19.2 Å². The van der Waals surface area contributed by atoms with Crippen LogP contribution in [0.25, 0.3) is 0 Å². The molecule has 1 rings (SSSR count). The van der Waals surface area contributed by atoms with Crippen molar-refractivity contribution in [2.75, 3.05) is 6.54 Å². The minimum atomic E-state index is -1.40. The third-order valence-corrected chi connectivity index (χ3v) is 3.79. The number of carboxylic acid groups (broad SMARTS) is 2. The fourth-order valence-electron chi connectivity index (χ4n) is 2.20. The number of hydrogen-bond acceptors (Lipinski definition) is 7. The predicted molar refractivity (Wildman–Crippen MR) is 97.3 cm³/mol. The number of aromatic nitrogens is 2. The zero-order chi connectivity index (χ0) is 22.0. The lowest BCUT2D eigenvalue weighted by atomic mass is 10.1. The molecular weight excluding hydrogens is 388 g/mol. The monoisotopic (exact) mass is 412 g/mol. The molecule has 0 saturated heterocycles. The number of rotatable bonds is 12. The van der Waals surface area contributed by atoms with E-state index in [0.29, 0.717) is 5.69 Å². The maximum Gasteiger partial charge on any atom is 0.326 e. The van der Waals surface area contributed by atoms with Gasteiger partial charge in [-0.25, -0.2) is 9.78 Å². The SMILES string of the molecule is C[C@H](NC(=O)CNC(=O)[C@@H](N)Cc1cnc[nH]1)C(=O)N[C@@H](CCC(=O)O)C(=O)O. The number of carbonyl (C=O) groups is 5. The summed E-state index contributed by atoms with van der Waals surface area (Å²) in [4.78, 5) is 64.0. The van der Waals surface area contributed by atoms with Crippen molar-refractivity contribution in [3.63, 3.8) is 0 Å². The Morgan fingerprint density at radius 3 is 2.41 bits per heavy atom. The highest BCUT2D eigenvalue weighted by atomic mass is 16.4. The summed E-state index contributed by atoms with van der Waals surface area (Å²) in [5.74, 6) is -4.66. The van der Waals surface area contributed by atoms with E-state index in [1.807, 2.05) is 0 Å². The van der Waals surface area contributed by atoms with E-state index >= 15 is 0 Å². The van der Waals surface area contributed by atoms with Gasteiger partial charge in [0.2, 0.25) is 17.7 Å². The number of hydrogen-bond donors (Lipinski definition) is 7. The van der Waals surface area contributed by atoms with Gasteiger partial charge in [-0.1, -0.05) is 0 Å². The van der Waals surface area contributed by atoms with Crippen molar-refractivity contribution in [1.82, 2.24) is 25.9 Å². The van der Waals surface area contributed by atoms with Gasteiger partial charge in [0.1, 0.15) is 12.1 Å². The first kappa shape index (κ1) is 23.6. The van der Waals surface area contributed by atoms with E-state index in [9.17, 15) is 24.0 Å². The van der Waals surface area contributed by atoms with Crippen LogP contribution in [0, 0.1) is 0 Å². The topological polar surface area (TPSA) is 217 Å². The molecule has 29 heavy (non-hydrogen) atoms. The van der Waals surface area contributed by atoms with E-state index in [1.165, 1.54) is 19.4 Å². The molecule has 1 aromatic rings.